The number of rotatable bonds is 5. The summed E-state index contributed by atoms with van der Waals surface area (Å²) in [4.78, 5) is 12.8. The lowest BCUT2D eigenvalue weighted by Gasteiger charge is -2.21. The van der Waals surface area contributed by atoms with Gasteiger partial charge in [0.2, 0.25) is 0 Å². The van der Waals surface area contributed by atoms with E-state index >= 15 is 0 Å². The zero-order chi connectivity index (χ0) is 15.4. The first-order chi connectivity index (χ1) is 9.95. The molecule has 0 aliphatic rings. The Labute approximate surface area is 131 Å². The van der Waals surface area contributed by atoms with E-state index in [1.54, 1.807) is 10.8 Å². The Morgan fingerprint density at radius 1 is 1.52 bits per heavy atom. The number of carboxylic acid groups (broad SMARTS) is 1. The lowest BCUT2D eigenvalue weighted by Crippen LogP contribution is -2.17. The Bertz CT molecular complexity index is 679. The van der Waals surface area contributed by atoms with Gasteiger partial charge in [0.25, 0.3) is 0 Å². The number of aromatic nitrogens is 2. The molecule has 6 heteroatoms. The van der Waals surface area contributed by atoms with Gasteiger partial charge in [-0.1, -0.05) is 15.9 Å². The van der Waals surface area contributed by atoms with Crippen LogP contribution >= 0.6 is 15.9 Å². The molecular weight excluding hydrogens is 334 g/mol. The van der Waals surface area contributed by atoms with Gasteiger partial charge >= 0.3 is 5.97 Å². The van der Waals surface area contributed by atoms with E-state index in [0.717, 1.165) is 27.4 Å². The van der Waals surface area contributed by atoms with Crippen molar-refractivity contribution in [3.63, 3.8) is 0 Å². The van der Waals surface area contributed by atoms with Crippen LogP contribution < -0.4 is 4.90 Å². The fourth-order valence-corrected chi connectivity index (χ4v) is 2.46. The second-order valence-corrected chi connectivity index (χ2v) is 5.67. The Hall–Kier alpha value is -2.08. The highest BCUT2D eigenvalue weighted by atomic mass is 79.9. The minimum atomic E-state index is -0.962. The Morgan fingerprint density at radius 3 is 2.90 bits per heavy atom. The minimum Gasteiger partial charge on any atom is -0.478 e. The van der Waals surface area contributed by atoms with E-state index in [0.29, 0.717) is 6.54 Å². The van der Waals surface area contributed by atoms with E-state index < -0.39 is 5.97 Å². The van der Waals surface area contributed by atoms with Gasteiger partial charge in [-0.3, -0.25) is 4.68 Å². The average molecular weight is 350 g/mol. The molecule has 1 N–H and O–H groups in total. The van der Waals surface area contributed by atoms with E-state index in [1.165, 1.54) is 0 Å². The molecule has 0 fully saturated rings. The van der Waals surface area contributed by atoms with E-state index in [4.69, 9.17) is 5.11 Å². The number of hydrogen-bond donors (Lipinski definition) is 1. The molecule has 0 radical (unpaired) electrons. The molecule has 0 aliphatic heterocycles. The maximum atomic E-state index is 10.7. The van der Waals surface area contributed by atoms with Gasteiger partial charge in [0.15, 0.2) is 0 Å². The molecule has 2 aromatic rings. The van der Waals surface area contributed by atoms with Crippen LogP contribution in [-0.2, 0) is 18.4 Å². The van der Waals surface area contributed by atoms with E-state index in [-0.39, 0.29) is 0 Å². The SMILES string of the molecule is CN(Cc1cnn(C)c1)c1ccc(Br)cc1C=CC(=O)O. The van der Waals surface area contributed by atoms with Crippen LogP contribution in [0, 0.1) is 0 Å². The van der Waals surface area contributed by atoms with Crippen LogP contribution in [0.25, 0.3) is 6.08 Å². The van der Waals surface area contributed by atoms with Gasteiger partial charge < -0.3 is 10.0 Å². The number of benzene rings is 1. The summed E-state index contributed by atoms with van der Waals surface area (Å²) in [7, 11) is 3.85. The van der Waals surface area contributed by atoms with Crippen molar-refractivity contribution in [3.05, 3.63) is 52.3 Å². The van der Waals surface area contributed by atoms with Gasteiger partial charge in [0, 0.05) is 48.6 Å². The number of carboxylic acids is 1. The first kappa shape index (κ1) is 15.3. The summed E-state index contributed by atoms with van der Waals surface area (Å²) in [5, 5.41) is 12.9. The predicted molar refractivity (Wildman–Crippen MR) is 86.1 cm³/mol. The molecule has 0 amide bonds. The maximum Gasteiger partial charge on any atom is 0.328 e. The molecule has 110 valence electrons. The highest BCUT2D eigenvalue weighted by molar-refractivity contribution is 9.10. The number of carbonyl (C=O) groups is 1. The van der Waals surface area contributed by atoms with Crippen LogP contribution in [0.3, 0.4) is 0 Å². The third kappa shape index (κ3) is 4.19. The molecular formula is C15H16BrN3O2. The van der Waals surface area contributed by atoms with Crippen molar-refractivity contribution in [3.8, 4) is 0 Å². The molecule has 0 unspecified atom stereocenters. The molecule has 1 aromatic heterocycles. The highest BCUT2D eigenvalue weighted by Gasteiger charge is 2.08. The smallest absolute Gasteiger partial charge is 0.328 e. The van der Waals surface area contributed by atoms with Gasteiger partial charge in [0.1, 0.15) is 0 Å². The third-order valence-corrected chi connectivity index (χ3v) is 3.48. The Kier molecular flexibility index (Phi) is 4.80. The molecule has 0 saturated heterocycles. The molecule has 0 spiro atoms. The number of halogens is 1. The van der Waals surface area contributed by atoms with Crippen molar-refractivity contribution >= 4 is 33.7 Å². The highest BCUT2D eigenvalue weighted by Crippen LogP contribution is 2.26. The molecule has 0 saturated carbocycles. The van der Waals surface area contributed by atoms with Crippen LogP contribution in [0.5, 0.6) is 0 Å². The molecule has 0 bridgehead atoms. The number of hydrogen-bond acceptors (Lipinski definition) is 3. The van der Waals surface area contributed by atoms with Gasteiger partial charge in [-0.25, -0.2) is 4.79 Å². The summed E-state index contributed by atoms with van der Waals surface area (Å²) >= 11 is 3.41. The largest absolute Gasteiger partial charge is 0.478 e. The molecule has 1 aromatic carbocycles. The lowest BCUT2D eigenvalue weighted by molar-refractivity contribution is -0.131. The van der Waals surface area contributed by atoms with Gasteiger partial charge in [-0.2, -0.15) is 5.10 Å². The number of aliphatic carboxylic acids is 1. The molecule has 1 heterocycles. The first-order valence-electron chi connectivity index (χ1n) is 6.35. The quantitative estimate of drug-likeness (QED) is 0.843. The zero-order valence-corrected chi connectivity index (χ0v) is 13.4. The monoisotopic (exact) mass is 349 g/mol. The van der Waals surface area contributed by atoms with Crippen molar-refractivity contribution in [1.82, 2.24) is 9.78 Å². The summed E-state index contributed by atoms with van der Waals surface area (Å²) in [5.74, 6) is -0.962. The van der Waals surface area contributed by atoms with E-state index in [2.05, 4.69) is 25.9 Å². The normalized spacial score (nSPS) is 11.0. The number of aryl methyl sites for hydroxylation is 1. The van der Waals surface area contributed by atoms with Gasteiger partial charge in [0.05, 0.1) is 6.20 Å². The Morgan fingerprint density at radius 2 is 2.29 bits per heavy atom. The molecule has 5 nitrogen and oxygen atoms in total. The average Bonchev–Trinajstić information content (AvgIpc) is 2.81. The molecule has 0 aliphatic carbocycles. The van der Waals surface area contributed by atoms with Crippen LogP contribution in [0.15, 0.2) is 41.1 Å². The second kappa shape index (κ2) is 6.58. The van der Waals surface area contributed by atoms with Crippen molar-refractivity contribution in [2.75, 3.05) is 11.9 Å². The molecule has 21 heavy (non-hydrogen) atoms. The fourth-order valence-electron chi connectivity index (χ4n) is 2.08. The summed E-state index contributed by atoms with van der Waals surface area (Å²) in [6.07, 6.45) is 6.52. The predicted octanol–water partition coefficient (Wildman–Crippen LogP) is 2.92. The maximum absolute atomic E-state index is 10.7. The van der Waals surface area contributed by atoms with Crippen molar-refractivity contribution in [2.45, 2.75) is 6.54 Å². The summed E-state index contributed by atoms with van der Waals surface area (Å²) in [6, 6.07) is 5.80. The zero-order valence-electron chi connectivity index (χ0n) is 11.8. The van der Waals surface area contributed by atoms with Crippen molar-refractivity contribution in [2.24, 2.45) is 7.05 Å². The van der Waals surface area contributed by atoms with Crippen LogP contribution in [0.2, 0.25) is 0 Å². The fraction of sp³-hybridized carbons (Fsp3) is 0.200. The standard InChI is InChI=1S/C15H16BrN3O2/c1-18(9-11-8-17-19(2)10-11)14-5-4-13(16)7-12(14)3-6-15(20)21/h3-8,10H,9H2,1-2H3,(H,20,21). The summed E-state index contributed by atoms with van der Waals surface area (Å²) in [5.41, 5.74) is 2.90. The van der Waals surface area contributed by atoms with E-state index in [9.17, 15) is 4.79 Å². The summed E-state index contributed by atoms with van der Waals surface area (Å²) < 4.78 is 2.67. The van der Waals surface area contributed by atoms with Gasteiger partial charge in [-0.05, 0) is 29.8 Å². The first-order valence-corrected chi connectivity index (χ1v) is 7.14. The molecule has 2 rings (SSSR count). The second-order valence-electron chi connectivity index (χ2n) is 4.75. The molecule has 0 atom stereocenters. The summed E-state index contributed by atoms with van der Waals surface area (Å²) in [6.45, 7) is 0.698. The van der Waals surface area contributed by atoms with Gasteiger partial charge in [-0.15, -0.1) is 0 Å². The topological polar surface area (TPSA) is 58.4 Å². The number of anilines is 1. The van der Waals surface area contributed by atoms with Crippen LogP contribution in [0.1, 0.15) is 11.1 Å². The Balaban J connectivity index is 2.27. The minimum absolute atomic E-state index is 0.698. The van der Waals surface area contributed by atoms with Crippen LogP contribution in [0.4, 0.5) is 5.69 Å². The lowest BCUT2D eigenvalue weighted by atomic mass is 10.1. The van der Waals surface area contributed by atoms with Crippen molar-refractivity contribution in [1.29, 1.82) is 0 Å². The van der Waals surface area contributed by atoms with Crippen LogP contribution in [-0.4, -0.2) is 27.9 Å². The third-order valence-electron chi connectivity index (χ3n) is 2.98. The van der Waals surface area contributed by atoms with E-state index in [1.807, 2.05) is 44.7 Å². The van der Waals surface area contributed by atoms with Crippen molar-refractivity contribution < 1.29 is 9.90 Å². The number of nitrogens with zero attached hydrogens (tertiary/aromatic N) is 3.